The van der Waals surface area contributed by atoms with E-state index in [9.17, 15) is 4.79 Å². The zero-order valence-electron chi connectivity index (χ0n) is 19.2. The Morgan fingerprint density at radius 2 is 1.14 bits per heavy atom. The van der Waals surface area contributed by atoms with Crippen LogP contribution in [0, 0.1) is 0 Å². The van der Waals surface area contributed by atoms with E-state index in [1.54, 1.807) is 0 Å². The average molecular weight is 477 g/mol. The van der Waals surface area contributed by atoms with Gasteiger partial charge in [0.1, 0.15) is 18.3 Å². The zero-order chi connectivity index (χ0) is 23.9. The van der Waals surface area contributed by atoms with E-state index in [1.165, 1.54) is 0 Å². The Kier molecular flexibility index (Phi) is 7.70. The van der Waals surface area contributed by atoms with Crippen LogP contribution in [-0.2, 0) is 48.2 Å². The van der Waals surface area contributed by atoms with Crippen LogP contribution in [-0.4, -0.2) is 43.5 Å². The molecule has 0 aromatic heterocycles. The molecule has 2 heterocycles. The first-order valence-electron chi connectivity index (χ1n) is 11.7. The molecule has 0 amide bonds. The van der Waals surface area contributed by atoms with Gasteiger partial charge in [0.2, 0.25) is 6.29 Å². The van der Waals surface area contributed by atoms with Crippen LogP contribution in [0.5, 0.6) is 0 Å². The fraction of sp³-hybridized carbons (Fsp3) is 0.321. The maximum absolute atomic E-state index is 12.0. The van der Waals surface area contributed by atoms with E-state index in [2.05, 4.69) is 0 Å². The second kappa shape index (κ2) is 11.5. The Hall–Kier alpha value is -3.23. The lowest BCUT2D eigenvalue weighted by atomic mass is 9.98. The van der Waals surface area contributed by atoms with Gasteiger partial charge in [0.15, 0.2) is 6.10 Å². The highest BCUT2D eigenvalue weighted by atomic mass is 16.9. The van der Waals surface area contributed by atoms with Gasteiger partial charge >= 0.3 is 6.16 Å². The zero-order valence-corrected chi connectivity index (χ0v) is 19.2. The fourth-order valence-corrected chi connectivity index (χ4v) is 4.26. The molecular formula is C28H28O7. The van der Waals surface area contributed by atoms with E-state index in [1.807, 2.05) is 91.0 Å². The van der Waals surface area contributed by atoms with Crippen molar-refractivity contribution in [2.45, 2.75) is 50.5 Å². The Morgan fingerprint density at radius 3 is 1.71 bits per heavy atom. The van der Waals surface area contributed by atoms with Gasteiger partial charge in [-0.2, -0.15) is 0 Å². The normalized spacial score (nSPS) is 25.5. The number of rotatable bonds is 10. The van der Waals surface area contributed by atoms with Gasteiger partial charge in [0, 0.05) is 0 Å². The Balaban J connectivity index is 1.33. The van der Waals surface area contributed by atoms with Gasteiger partial charge in [-0.3, -0.25) is 0 Å². The van der Waals surface area contributed by atoms with Crippen molar-refractivity contribution in [3.63, 3.8) is 0 Å². The summed E-state index contributed by atoms with van der Waals surface area (Å²) >= 11 is 0. The number of fused-ring (bicyclic) bond motifs is 1. The van der Waals surface area contributed by atoms with Crippen molar-refractivity contribution < 1.29 is 33.2 Å². The quantitative estimate of drug-likeness (QED) is 0.395. The number of ether oxygens (including phenoxy) is 6. The Bertz CT molecular complexity index is 1060. The van der Waals surface area contributed by atoms with Crippen molar-refractivity contribution in [1.82, 2.24) is 0 Å². The first kappa shape index (κ1) is 23.5. The molecule has 7 heteroatoms. The highest BCUT2D eigenvalue weighted by Crippen LogP contribution is 2.34. The van der Waals surface area contributed by atoms with Crippen molar-refractivity contribution in [3.05, 3.63) is 108 Å². The second-order valence-electron chi connectivity index (χ2n) is 8.52. The number of carbonyl (C=O) groups excluding carboxylic acids is 1. The molecule has 0 saturated carbocycles. The molecule has 0 N–H and O–H groups in total. The van der Waals surface area contributed by atoms with Crippen LogP contribution in [0.15, 0.2) is 91.0 Å². The Morgan fingerprint density at radius 1 is 0.629 bits per heavy atom. The van der Waals surface area contributed by atoms with Gasteiger partial charge in [0.05, 0.1) is 26.4 Å². The van der Waals surface area contributed by atoms with Crippen LogP contribution in [0.2, 0.25) is 0 Å². The summed E-state index contributed by atoms with van der Waals surface area (Å²) in [6, 6.07) is 29.6. The number of benzene rings is 3. The highest BCUT2D eigenvalue weighted by molar-refractivity contribution is 5.62. The van der Waals surface area contributed by atoms with Crippen LogP contribution < -0.4 is 0 Å². The number of hydrogen-bond donors (Lipinski definition) is 0. The molecule has 2 saturated heterocycles. The van der Waals surface area contributed by atoms with Gasteiger partial charge in [-0.05, 0) is 16.7 Å². The molecule has 5 atom stereocenters. The van der Waals surface area contributed by atoms with Crippen molar-refractivity contribution in [2.24, 2.45) is 0 Å². The monoisotopic (exact) mass is 476 g/mol. The lowest BCUT2D eigenvalue weighted by Crippen LogP contribution is -2.59. The summed E-state index contributed by atoms with van der Waals surface area (Å²) in [7, 11) is 0. The SMILES string of the molecule is O=C1O[C@@H]2O[C@H](COCc3ccccc3)[C@@H](OCc3ccccc3)[C@H](OCc3ccccc3)[C@@H]2O1. The predicted molar refractivity (Wildman–Crippen MR) is 126 cm³/mol. The lowest BCUT2D eigenvalue weighted by Gasteiger charge is -2.41. The van der Waals surface area contributed by atoms with Gasteiger partial charge in [-0.1, -0.05) is 91.0 Å². The highest BCUT2D eigenvalue weighted by Gasteiger charge is 2.55. The largest absolute Gasteiger partial charge is 0.511 e. The molecule has 3 aromatic carbocycles. The summed E-state index contributed by atoms with van der Waals surface area (Å²) in [5, 5.41) is 0. The van der Waals surface area contributed by atoms with Crippen LogP contribution in [0.25, 0.3) is 0 Å². The van der Waals surface area contributed by atoms with Gasteiger partial charge < -0.3 is 28.4 Å². The standard InChI is InChI=1S/C28H28O7/c29-28-34-26-25(32-18-22-14-8-3-9-15-22)24(31-17-21-12-6-2-7-13-21)23(33-27(26)35-28)19-30-16-20-10-4-1-5-11-20/h1-15,23-27H,16-19H2/t23-,24-,25+,26+,27+/m1/s1. The minimum Gasteiger partial charge on any atom is -0.421 e. The summed E-state index contributed by atoms with van der Waals surface area (Å²) in [5.74, 6) is 0. The third-order valence-corrected chi connectivity index (χ3v) is 6.00. The second-order valence-corrected chi connectivity index (χ2v) is 8.52. The molecule has 2 aliphatic heterocycles. The van der Waals surface area contributed by atoms with Crippen LogP contribution in [0.4, 0.5) is 4.79 Å². The minimum absolute atomic E-state index is 0.236. The van der Waals surface area contributed by atoms with Gasteiger partial charge in [-0.25, -0.2) is 4.79 Å². The number of carbonyl (C=O) groups is 1. The van der Waals surface area contributed by atoms with E-state index < -0.39 is 36.9 Å². The van der Waals surface area contributed by atoms with Gasteiger partial charge in [-0.15, -0.1) is 0 Å². The molecule has 182 valence electrons. The van der Waals surface area contributed by atoms with Crippen molar-refractivity contribution in [1.29, 1.82) is 0 Å². The Labute approximate surface area is 204 Å². The summed E-state index contributed by atoms with van der Waals surface area (Å²) in [6.07, 6.45) is -4.08. The van der Waals surface area contributed by atoms with E-state index in [4.69, 9.17) is 28.4 Å². The molecule has 0 unspecified atom stereocenters. The molecule has 0 bridgehead atoms. The van der Waals surface area contributed by atoms with E-state index in [0.29, 0.717) is 19.8 Å². The fourth-order valence-electron chi connectivity index (χ4n) is 4.26. The van der Waals surface area contributed by atoms with Crippen molar-refractivity contribution in [3.8, 4) is 0 Å². The summed E-state index contributed by atoms with van der Waals surface area (Å²) in [6.45, 7) is 1.34. The molecule has 0 aliphatic carbocycles. The first-order chi connectivity index (χ1) is 17.3. The molecule has 0 radical (unpaired) electrons. The molecule has 35 heavy (non-hydrogen) atoms. The maximum atomic E-state index is 12.0. The minimum atomic E-state index is -0.884. The van der Waals surface area contributed by atoms with Crippen LogP contribution in [0.1, 0.15) is 16.7 Å². The predicted octanol–water partition coefficient (Wildman–Crippen LogP) is 4.63. The van der Waals surface area contributed by atoms with Crippen molar-refractivity contribution in [2.75, 3.05) is 6.61 Å². The van der Waals surface area contributed by atoms with E-state index in [-0.39, 0.29) is 6.61 Å². The molecule has 0 spiro atoms. The molecule has 3 aromatic rings. The third kappa shape index (κ3) is 6.07. The van der Waals surface area contributed by atoms with E-state index >= 15 is 0 Å². The molecule has 7 nitrogen and oxygen atoms in total. The van der Waals surface area contributed by atoms with E-state index in [0.717, 1.165) is 16.7 Å². The molecule has 5 rings (SSSR count). The smallest absolute Gasteiger partial charge is 0.421 e. The molecule has 2 aliphatic rings. The van der Waals surface area contributed by atoms with Crippen molar-refractivity contribution >= 4 is 6.16 Å². The topological polar surface area (TPSA) is 72.5 Å². The average Bonchev–Trinajstić information content (AvgIpc) is 3.28. The molecule has 2 fully saturated rings. The lowest BCUT2D eigenvalue weighted by molar-refractivity contribution is -0.276. The molecular weight excluding hydrogens is 448 g/mol. The summed E-state index contributed by atoms with van der Waals surface area (Å²) in [5.41, 5.74) is 3.06. The van der Waals surface area contributed by atoms with Crippen LogP contribution >= 0.6 is 0 Å². The van der Waals surface area contributed by atoms with Gasteiger partial charge in [0.25, 0.3) is 0 Å². The summed E-state index contributed by atoms with van der Waals surface area (Å²) < 4.78 is 35.5. The number of hydrogen-bond acceptors (Lipinski definition) is 7. The summed E-state index contributed by atoms with van der Waals surface area (Å²) in [4.78, 5) is 12.0. The first-order valence-corrected chi connectivity index (χ1v) is 11.7. The van der Waals surface area contributed by atoms with Crippen LogP contribution in [0.3, 0.4) is 0 Å². The third-order valence-electron chi connectivity index (χ3n) is 6.00. The maximum Gasteiger partial charge on any atom is 0.511 e.